The van der Waals surface area contributed by atoms with Gasteiger partial charge in [-0.1, -0.05) is 249 Å². The standard InChI is InChI=1S/C36H22O.C24H15Br.C12H9BO3.CH4.B/c1-2-11-24-22-25(21-20-23(24)10-1)34-27-13-3-5-15-29(27)35(30-16-6-4-14-28(30)34)32-18-9-17-31-26-12-7-8-19-33(26)37-36(31)32;25-24-21-11-5-3-9-19(21)23(20-10-4-6-12-22(20)24)18-14-13-16-7-1-2-8-17(16)15-18;14-13(15)10-6-3-5-9-8-4-1-2-7-11(8)16-12(9)10;;/h1-22H;1-15H;1-7,14-15H;1H4;/i1D,2D,3D,4D,5D,6D,10D,11D,13D,14D,15D,16D,20D,21D,22D;1D,2D,3D,4D,5D,6D,7D,8D,9D,10D,11D,12D,13D,14D,15D;;;. The fourth-order valence-electron chi connectivity index (χ4n) is 9.70. The topological polar surface area (TPSA) is 66.7 Å². The summed E-state index contributed by atoms with van der Waals surface area (Å²) < 4.78 is 271. The van der Waals surface area contributed by atoms with Crippen LogP contribution in [0.3, 0.4) is 0 Å². The second-order valence-corrected chi connectivity index (χ2v) is 18.2. The lowest BCUT2D eigenvalue weighted by Gasteiger charge is -2.18. The maximum atomic E-state index is 9.35. The summed E-state index contributed by atoms with van der Waals surface area (Å²) in [4.78, 5) is 0. The summed E-state index contributed by atoms with van der Waals surface area (Å²) in [6, 6.07) is 5.52. The van der Waals surface area contributed by atoms with Crippen LogP contribution < -0.4 is 5.46 Å². The first-order valence-electron chi connectivity index (χ1n) is 38.7. The Morgan fingerprint density at radius 2 is 0.713 bits per heavy atom. The van der Waals surface area contributed by atoms with Crippen molar-refractivity contribution < 1.29 is 60.0 Å². The van der Waals surface area contributed by atoms with Gasteiger partial charge < -0.3 is 18.9 Å². The fraction of sp³-hybridized carbons (Fsp3) is 0.0137. The molecule has 0 bridgehead atoms. The first kappa shape index (κ1) is 27.6. The Kier molecular flexibility index (Phi) is 7.42. The number of rotatable bonds is 4. The Morgan fingerprint density at radius 3 is 1.19 bits per heavy atom. The smallest absolute Gasteiger partial charge is 0.456 e. The van der Waals surface area contributed by atoms with Crippen molar-refractivity contribution in [1.29, 1.82) is 0 Å². The van der Waals surface area contributed by atoms with Gasteiger partial charge in [0.25, 0.3) is 0 Å². The molecule has 0 saturated carbocycles. The van der Waals surface area contributed by atoms with E-state index in [-0.39, 0.29) is 96.6 Å². The Morgan fingerprint density at radius 1 is 0.350 bits per heavy atom. The first-order valence-corrected chi connectivity index (χ1v) is 24.5. The molecule has 7 heteroatoms. The van der Waals surface area contributed by atoms with Crippen LogP contribution in [0.15, 0.2) is 280 Å². The molecular weight excluding hydrogens is 1040 g/mol. The molecule has 2 heterocycles. The molecule has 0 spiro atoms. The Hall–Kier alpha value is -9.23. The predicted octanol–water partition coefficient (Wildman–Crippen LogP) is 19.5. The first-order chi connectivity index (χ1) is 51.0. The third-order valence-electron chi connectivity index (χ3n) is 13.1. The molecule has 2 aromatic heterocycles. The monoisotopic (exact) mass is 1120 g/mol. The summed E-state index contributed by atoms with van der Waals surface area (Å²) in [6.45, 7) is 0. The Bertz CT molecular complexity index is 6670. The zero-order chi connectivity index (χ0) is 78.4. The van der Waals surface area contributed by atoms with E-state index in [0.717, 1.165) is 21.7 Å². The molecule has 0 amide bonds. The van der Waals surface area contributed by atoms with Gasteiger partial charge in [0, 0.05) is 51.0 Å². The largest absolute Gasteiger partial charge is 0.492 e. The van der Waals surface area contributed by atoms with Crippen LogP contribution in [0.25, 0.3) is 142 Å². The van der Waals surface area contributed by atoms with Crippen LogP contribution in [0.2, 0.25) is 0 Å². The normalized spacial score (nSPS) is 16.5. The summed E-state index contributed by atoms with van der Waals surface area (Å²) in [5, 5.41) is 18.1. The van der Waals surface area contributed by atoms with Crippen LogP contribution in [-0.4, -0.2) is 25.6 Å². The van der Waals surface area contributed by atoms with Crippen molar-refractivity contribution >= 4 is 145 Å². The van der Waals surface area contributed by atoms with Crippen molar-refractivity contribution in [3.63, 3.8) is 0 Å². The molecule has 0 atom stereocenters. The minimum absolute atomic E-state index is 0. The fourth-order valence-corrected chi connectivity index (χ4v) is 10.3. The molecule has 16 aromatic rings. The van der Waals surface area contributed by atoms with Crippen LogP contribution in [0.1, 0.15) is 48.5 Å². The second-order valence-electron chi connectivity index (χ2n) is 17.4. The van der Waals surface area contributed by atoms with E-state index >= 15 is 0 Å². The van der Waals surface area contributed by atoms with Crippen LogP contribution >= 0.6 is 15.9 Å². The number of hydrogen-bond acceptors (Lipinski definition) is 4. The molecule has 80 heavy (non-hydrogen) atoms. The minimum Gasteiger partial charge on any atom is -0.456 e. The molecule has 0 unspecified atom stereocenters. The zero-order valence-corrected chi connectivity index (χ0v) is 41.9. The lowest BCUT2D eigenvalue weighted by Crippen LogP contribution is -2.29. The molecular formula is C73H50B2BrO4. The van der Waals surface area contributed by atoms with Gasteiger partial charge in [0.05, 0.1) is 41.1 Å². The predicted molar refractivity (Wildman–Crippen MR) is 345 cm³/mol. The molecule has 0 saturated heterocycles. The number of para-hydroxylation sites is 4. The lowest BCUT2D eigenvalue weighted by atomic mass is 9.79. The van der Waals surface area contributed by atoms with E-state index in [0.29, 0.717) is 22.0 Å². The van der Waals surface area contributed by atoms with E-state index in [9.17, 15) is 16.9 Å². The van der Waals surface area contributed by atoms with Crippen LogP contribution in [-0.2, 0) is 0 Å². The quantitative estimate of drug-likeness (QED) is 0.136. The van der Waals surface area contributed by atoms with Crippen molar-refractivity contribution in [2.24, 2.45) is 0 Å². The van der Waals surface area contributed by atoms with Crippen molar-refractivity contribution in [2.75, 3.05) is 0 Å². The zero-order valence-electron chi connectivity index (χ0n) is 70.3. The van der Waals surface area contributed by atoms with Crippen molar-refractivity contribution in [3.05, 3.63) is 271 Å². The molecule has 4 nitrogen and oxygen atoms in total. The lowest BCUT2D eigenvalue weighted by molar-refractivity contribution is 0.425. The third kappa shape index (κ3) is 8.86. The number of hydrogen-bond donors (Lipinski definition) is 2. The highest BCUT2D eigenvalue weighted by atomic mass is 79.9. The average molecular weight is 1120 g/mol. The molecule has 16 rings (SSSR count). The van der Waals surface area contributed by atoms with Gasteiger partial charge in [0.2, 0.25) is 0 Å². The van der Waals surface area contributed by atoms with E-state index in [1.807, 2.05) is 42.5 Å². The summed E-state index contributed by atoms with van der Waals surface area (Å²) in [7, 11) is -1.51. The summed E-state index contributed by atoms with van der Waals surface area (Å²) >= 11 is 3.28. The third-order valence-corrected chi connectivity index (χ3v) is 13.9. The highest BCUT2D eigenvalue weighted by Crippen LogP contribution is 2.47. The van der Waals surface area contributed by atoms with E-state index in [4.69, 9.17) is 43.1 Å². The maximum absolute atomic E-state index is 9.35. The minimum atomic E-state index is -1.51. The average Bonchev–Trinajstić information content (AvgIpc) is 0.763. The molecule has 2 N–H and O–H groups in total. The van der Waals surface area contributed by atoms with Gasteiger partial charge in [0.1, 0.15) is 22.3 Å². The molecule has 0 aliphatic rings. The van der Waals surface area contributed by atoms with E-state index in [1.165, 1.54) is 0 Å². The Balaban J connectivity index is 0.000000171. The number of furan rings is 2. The second kappa shape index (κ2) is 21.5. The molecule has 0 aliphatic heterocycles. The summed E-state index contributed by atoms with van der Waals surface area (Å²) in [6.07, 6.45) is 0. The van der Waals surface area contributed by atoms with Gasteiger partial charge in [0.15, 0.2) is 0 Å². The number of fused-ring (bicyclic) bond motifs is 12. The summed E-state index contributed by atoms with van der Waals surface area (Å²) in [5.74, 6) is 0. The van der Waals surface area contributed by atoms with Crippen molar-refractivity contribution in [2.45, 2.75) is 7.43 Å². The molecule has 379 valence electrons. The van der Waals surface area contributed by atoms with Gasteiger partial charge in [-0.15, -0.1) is 0 Å². The van der Waals surface area contributed by atoms with Crippen molar-refractivity contribution in [1.82, 2.24) is 0 Å². The van der Waals surface area contributed by atoms with E-state index in [1.54, 1.807) is 42.5 Å². The number of halogens is 1. The molecule has 14 aromatic carbocycles. The van der Waals surface area contributed by atoms with Crippen molar-refractivity contribution in [3.8, 4) is 33.4 Å². The van der Waals surface area contributed by atoms with E-state index < -0.39 is 216 Å². The van der Waals surface area contributed by atoms with Crippen LogP contribution in [0.5, 0.6) is 0 Å². The van der Waals surface area contributed by atoms with Crippen LogP contribution in [0, 0.1) is 0 Å². The van der Waals surface area contributed by atoms with Gasteiger partial charge in [-0.05, 0) is 127 Å². The van der Waals surface area contributed by atoms with Gasteiger partial charge in [-0.25, -0.2) is 0 Å². The van der Waals surface area contributed by atoms with E-state index in [2.05, 4.69) is 15.9 Å². The molecule has 3 radical (unpaired) electrons. The highest BCUT2D eigenvalue weighted by molar-refractivity contribution is 9.10. The molecule has 0 aliphatic carbocycles. The van der Waals surface area contributed by atoms with Gasteiger partial charge in [-0.2, -0.15) is 0 Å². The number of benzene rings is 14. The highest BCUT2D eigenvalue weighted by Gasteiger charge is 2.22. The SMILES string of the molecule is C.OB(O)c1cccc2c1oc1ccccc12.[2H]c1c([2H])c([2H])c2c([2H])c(-c3c4c([2H])c([2H])c([2H])c([2H])c4c(-c4cccc5c4oc4ccccc45)c4c([2H])c([2H])c([2H])c([2H])c34)c([2H])c([2H])c2c1[2H].[2H]c1c([2H])c([2H])c2c([2H])c(-c3c4c([2H])c([2H])c([2H])c([2H])c4c(Br)c4c([2H])c([2H])c([2H])c([2H])c34)c([2H])c([2H])c2c1[2H].[B]. The summed E-state index contributed by atoms with van der Waals surface area (Å²) in [5.41, 5.74) is 1.02. The van der Waals surface area contributed by atoms with Gasteiger partial charge in [-0.3, -0.25) is 0 Å². The van der Waals surface area contributed by atoms with Crippen LogP contribution in [0.4, 0.5) is 0 Å². The molecule has 0 fully saturated rings. The van der Waals surface area contributed by atoms with Gasteiger partial charge >= 0.3 is 7.12 Å². The maximum Gasteiger partial charge on any atom is 0.492 e. The Labute approximate surface area is 515 Å².